The molecule has 1 heterocycles. The van der Waals surface area contributed by atoms with Crippen LogP contribution >= 0.6 is 0 Å². The Hall–Kier alpha value is -1.15. The largest absolute Gasteiger partial charge is 0.280 e. The fourth-order valence-electron chi connectivity index (χ4n) is 1.68. The third-order valence-electron chi connectivity index (χ3n) is 2.45. The van der Waals surface area contributed by atoms with Crippen LogP contribution in [0.5, 0.6) is 0 Å². The summed E-state index contributed by atoms with van der Waals surface area (Å²) in [6.45, 7) is 4.07. The minimum absolute atomic E-state index is 0.395. The van der Waals surface area contributed by atoms with E-state index < -0.39 is 0 Å². The average molecular weight is 174 g/mol. The van der Waals surface area contributed by atoms with Crippen LogP contribution < -0.4 is 0 Å². The fraction of sp³-hybridized carbons (Fsp3) is 0.364. The van der Waals surface area contributed by atoms with Crippen LogP contribution in [-0.2, 0) is 0 Å². The molecule has 1 aromatic rings. The van der Waals surface area contributed by atoms with Crippen LogP contribution in [0, 0.1) is 0 Å². The molecular formula is C11H14N2. The first-order chi connectivity index (χ1) is 6.42. The molecule has 0 aromatic heterocycles. The van der Waals surface area contributed by atoms with E-state index >= 15 is 0 Å². The molecule has 13 heavy (non-hydrogen) atoms. The Bertz CT molecular complexity index is 292. The highest BCUT2D eigenvalue weighted by atomic mass is 15.3. The van der Waals surface area contributed by atoms with Crippen LogP contribution in [0.25, 0.3) is 0 Å². The van der Waals surface area contributed by atoms with Gasteiger partial charge in [-0.05, 0) is 12.1 Å². The second-order valence-electron chi connectivity index (χ2n) is 3.23. The summed E-state index contributed by atoms with van der Waals surface area (Å²) in [4.78, 5) is 6.64. The van der Waals surface area contributed by atoms with E-state index in [1.54, 1.807) is 0 Å². The molecule has 68 valence electrons. The van der Waals surface area contributed by atoms with Gasteiger partial charge in [-0.2, -0.15) is 0 Å². The van der Waals surface area contributed by atoms with E-state index in [-0.39, 0.29) is 0 Å². The molecule has 0 aliphatic carbocycles. The topological polar surface area (TPSA) is 15.6 Å². The van der Waals surface area contributed by atoms with Gasteiger partial charge in [0, 0.05) is 6.21 Å². The van der Waals surface area contributed by atoms with Crippen molar-refractivity contribution in [2.45, 2.75) is 13.0 Å². The molecular weight excluding hydrogens is 160 g/mol. The zero-order chi connectivity index (χ0) is 9.10. The van der Waals surface area contributed by atoms with Crippen molar-refractivity contribution in [3.8, 4) is 0 Å². The van der Waals surface area contributed by atoms with Crippen molar-refractivity contribution in [1.82, 2.24) is 4.90 Å². The van der Waals surface area contributed by atoms with Crippen LogP contribution in [0.15, 0.2) is 35.3 Å². The number of hydrogen-bond acceptors (Lipinski definition) is 2. The van der Waals surface area contributed by atoms with Crippen molar-refractivity contribution in [3.05, 3.63) is 35.9 Å². The highest BCUT2D eigenvalue weighted by Gasteiger charge is 2.19. The lowest BCUT2D eigenvalue weighted by atomic mass is 10.1. The SMILES string of the molecule is CCN1CN=CC1c1ccccc1. The molecule has 1 aliphatic heterocycles. The summed E-state index contributed by atoms with van der Waals surface area (Å²) >= 11 is 0. The monoisotopic (exact) mass is 174 g/mol. The van der Waals surface area contributed by atoms with Crippen LogP contribution in [0.2, 0.25) is 0 Å². The molecule has 0 bridgehead atoms. The second kappa shape index (κ2) is 3.71. The number of aliphatic imine (C=N–C) groups is 1. The second-order valence-corrected chi connectivity index (χ2v) is 3.23. The van der Waals surface area contributed by atoms with Crippen molar-refractivity contribution in [3.63, 3.8) is 0 Å². The van der Waals surface area contributed by atoms with E-state index in [1.807, 2.05) is 12.3 Å². The maximum atomic E-state index is 4.29. The minimum Gasteiger partial charge on any atom is -0.280 e. The third-order valence-corrected chi connectivity index (χ3v) is 2.45. The smallest absolute Gasteiger partial charge is 0.0914 e. The van der Waals surface area contributed by atoms with Crippen molar-refractivity contribution in [2.24, 2.45) is 4.99 Å². The molecule has 1 aromatic carbocycles. The number of hydrogen-bond donors (Lipinski definition) is 0. The summed E-state index contributed by atoms with van der Waals surface area (Å²) in [5.41, 5.74) is 1.34. The first kappa shape index (κ1) is 8.45. The van der Waals surface area contributed by atoms with E-state index in [9.17, 15) is 0 Å². The summed E-state index contributed by atoms with van der Waals surface area (Å²) in [6.07, 6.45) is 2.04. The van der Waals surface area contributed by atoms with Crippen molar-refractivity contribution >= 4 is 6.21 Å². The maximum absolute atomic E-state index is 4.29. The number of benzene rings is 1. The van der Waals surface area contributed by atoms with Gasteiger partial charge >= 0.3 is 0 Å². The van der Waals surface area contributed by atoms with Crippen LogP contribution in [0.4, 0.5) is 0 Å². The van der Waals surface area contributed by atoms with Gasteiger partial charge in [0.25, 0.3) is 0 Å². The first-order valence-corrected chi connectivity index (χ1v) is 4.70. The summed E-state index contributed by atoms with van der Waals surface area (Å²) in [7, 11) is 0. The lowest BCUT2D eigenvalue weighted by molar-refractivity contribution is 0.291. The first-order valence-electron chi connectivity index (χ1n) is 4.70. The predicted octanol–water partition coefficient (Wildman–Crippen LogP) is 2.09. The third kappa shape index (κ3) is 1.63. The average Bonchev–Trinajstić information content (AvgIpc) is 2.67. The molecule has 0 amide bonds. The standard InChI is InChI=1S/C11H14N2/c1-2-13-9-12-8-11(13)10-6-4-3-5-7-10/h3-8,11H,2,9H2,1H3. The molecule has 1 aliphatic rings. The molecule has 0 saturated carbocycles. The predicted molar refractivity (Wildman–Crippen MR) is 54.9 cm³/mol. The highest BCUT2D eigenvalue weighted by Crippen LogP contribution is 2.21. The Kier molecular flexibility index (Phi) is 2.41. The molecule has 2 heteroatoms. The Morgan fingerprint density at radius 2 is 2.15 bits per heavy atom. The normalized spacial score (nSPS) is 22.4. The maximum Gasteiger partial charge on any atom is 0.0914 e. The molecule has 0 radical (unpaired) electrons. The number of rotatable bonds is 2. The van der Waals surface area contributed by atoms with Crippen molar-refractivity contribution < 1.29 is 0 Å². The molecule has 2 nitrogen and oxygen atoms in total. The van der Waals surface area contributed by atoms with E-state index in [1.165, 1.54) is 5.56 Å². The lowest BCUT2D eigenvalue weighted by Gasteiger charge is -2.20. The van der Waals surface area contributed by atoms with Gasteiger partial charge in [-0.15, -0.1) is 0 Å². The van der Waals surface area contributed by atoms with Crippen LogP contribution in [-0.4, -0.2) is 24.3 Å². The molecule has 1 atom stereocenters. The van der Waals surface area contributed by atoms with Crippen LogP contribution in [0.1, 0.15) is 18.5 Å². The summed E-state index contributed by atoms with van der Waals surface area (Å²) in [5, 5.41) is 0. The van der Waals surface area contributed by atoms with Crippen molar-refractivity contribution in [1.29, 1.82) is 0 Å². The Balaban J connectivity index is 2.21. The molecule has 0 N–H and O–H groups in total. The minimum atomic E-state index is 0.395. The Labute approximate surface area is 78.9 Å². The molecule has 0 spiro atoms. The number of nitrogens with zero attached hydrogens (tertiary/aromatic N) is 2. The van der Waals surface area contributed by atoms with Gasteiger partial charge in [0.15, 0.2) is 0 Å². The lowest BCUT2D eigenvalue weighted by Crippen LogP contribution is -2.24. The quantitative estimate of drug-likeness (QED) is 0.670. The van der Waals surface area contributed by atoms with Gasteiger partial charge < -0.3 is 0 Å². The van der Waals surface area contributed by atoms with Gasteiger partial charge in [-0.3, -0.25) is 9.89 Å². The Morgan fingerprint density at radius 1 is 1.38 bits per heavy atom. The van der Waals surface area contributed by atoms with Crippen LogP contribution in [0.3, 0.4) is 0 Å². The van der Waals surface area contributed by atoms with Gasteiger partial charge in [0.05, 0.1) is 12.7 Å². The fourth-order valence-corrected chi connectivity index (χ4v) is 1.68. The zero-order valence-electron chi connectivity index (χ0n) is 7.85. The van der Waals surface area contributed by atoms with Gasteiger partial charge in [0.2, 0.25) is 0 Å². The van der Waals surface area contributed by atoms with E-state index in [4.69, 9.17) is 0 Å². The molecule has 0 fully saturated rings. The Morgan fingerprint density at radius 3 is 2.85 bits per heavy atom. The summed E-state index contributed by atoms with van der Waals surface area (Å²) < 4.78 is 0. The van der Waals surface area contributed by atoms with Crippen molar-refractivity contribution in [2.75, 3.05) is 13.2 Å². The highest BCUT2D eigenvalue weighted by molar-refractivity contribution is 5.69. The van der Waals surface area contributed by atoms with Gasteiger partial charge in [-0.1, -0.05) is 37.3 Å². The molecule has 1 unspecified atom stereocenters. The van der Waals surface area contributed by atoms with Gasteiger partial charge in [-0.25, -0.2) is 0 Å². The van der Waals surface area contributed by atoms with E-state index in [0.717, 1.165) is 13.2 Å². The zero-order valence-corrected chi connectivity index (χ0v) is 7.85. The summed E-state index contributed by atoms with van der Waals surface area (Å²) in [5.74, 6) is 0. The molecule has 0 saturated heterocycles. The van der Waals surface area contributed by atoms with E-state index in [2.05, 4.69) is 41.1 Å². The van der Waals surface area contributed by atoms with E-state index in [0.29, 0.717) is 6.04 Å². The summed E-state index contributed by atoms with van der Waals surface area (Å²) in [6, 6.07) is 10.9. The molecule has 2 rings (SSSR count). The van der Waals surface area contributed by atoms with Gasteiger partial charge in [0.1, 0.15) is 0 Å².